The third kappa shape index (κ3) is 2.77. The van der Waals surface area contributed by atoms with E-state index >= 15 is 0 Å². The first-order valence-electron chi connectivity index (χ1n) is 5.15. The summed E-state index contributed by atoms with van der Waals surface area (Å²) in [5, 5.41) is 3.01. The van der Waals surface area contributed by atoms with E-state index in [9.17, 15) is 0 Å². The molecular formula is C11H20N2OS. The number of rotatable bonds is 4. The predicted octanol–water partition coefficient (Wildman–Crippen LogP) is 2.68. The van der Waals surface area contributed by atoms with Crippen molar-refractivity contribution in [2.24, 2.45) is 11.7 Å². The molecule has 0 aliphatic carbocycles. The molecule has 1 heterocycles. The van der Waals surface area contributed by atoms with Crippen LogP contribution in [0.25, 0.3) is 0 Å². The van der Waals surface area contributed by atoms with Crippen LogP contribution in [0.4, 0.5) is 0 Å². The van der Waals surface area contributed by atoms with Crippen molar-refractivity contribution in [2.75, 3.05) is 7.11 Å². The van der Waals surface area contributed by atoms with Crippen LogP contribution in [-0.2, 0) is 10.3 Å². The van der Waals surface area contributed by atoms with Crippen LogP contribution in [-0.4, -0.2) is 12.1 Å². The third-order valence-electron chi connectivity index (χ3n) is 2.61. The van der Waals surface area contributed by atoms with Gasteiger partial charge in [-0.15, -0.1) is 11.3 Å². The van der Waals surface area contributed by atoms with Gasteiger partial charge in [0.2, 0.25) is 0 Å². The summed E-state index contributed by atoms with van der Waals surface area (Å²) in [5.74, 6) is 0.408. The molecule has 86 valence electrons. The van der Waals surface area contributed by atoms with E-state index in [-0.39, 0.29) is 11.6 Å². The van der Waals surface area contributed by atoms with Gasteiger partial charge in [0.05, 0.1) is 11.7 Å². The Morgan fingerprint density at radius 3 is 2.53 bits per heavy atom. The Hall–Kier alpha value is -0.450. The lowest BCUT2D eigenvalue weighted by molar-refractivity contribution is 0.0188. The molecule has 0 saturated carbocycles. The topological polar surface area (TPSA) is 48.1 Å². The van der Waals surface area contributed by atoms with E-state index in [0.29, 0.717) is 5.92 Å². The van der Waals surface area contributed by atoms with E-state index in [1.54, 1.807) is 18.4 Å². The van der Waals surface area contributed by atoms with Gasteiger partial charge in [-0.1, -0.05) is 13.8 Å². The van der Waals surface area contributed by atoms with Crippen molar-refractivity contribution in [1.29, 1.82) is 0 Å². The van der Waals surface area contributed by atoms with Crippen molar-refractivity contribution in [2.45, 2.75) is 39.3 Å². The van der Waals surface area contributed by atoms with Crippen LogP contribution >= 0.6 is 11.3 Å². The fourth-order valence-electron chi connectivity index (χ4n) is 1.14. The number of methoxy groups -OCH3 is 1. The third-order valence-corrected chi connectivity index (χ3v) is 3.77. The molecule has 0 spiro atoms. The molecule has 1 rings (SSSR count). The fourth-order valence-corrected chi connectivity index (χ4v) is 2.11. The van der Waals surface area contributed by atoms with Crippen LogP contribution in [0.5, 0.6) is 0 Å². The summed E-state index contributed by atoms with van der Waals surface area (Å²) < 4.78 is 5.38. The van der Waals surface area contributed by atoms with Gasteiger partial charge in [-0.05, 0) is 19.8 Å². The van der Waals surface area contributed by atoms with E-state index < -0.39 is 0 Å². The summed E-state index contributed by atoms with van der Waals surface area (Å²) in [6.07, 6.45) is 0. The first kappa shape index (κ1) is 12.6. The van der Waals surface area contributed by atoms with Crippen LogP contribution in [0.15, 0.2) is 5.38 Å². The number of nitrogens with zero attached hydrogens (tertiary/aromatic N) is 1. The van der Waals surface area contributed by atoms with Gasteiger partial charge in [-0.2, -0.15) is 0 Å². The van der Waals surface area contributed by atoms with Gasteiger partial charge in [-0.25, -0.2) is 4.98 Å². The number of hydrogen-bond acceptors (Lipinski definition) is 4. The van der Waals surface area contributed by atoms with Crippen molar-refractivity contribution in [3.05, 3.63) is 16.1 Å². The zero-order valence-electron chi connectivity index (χ0n) is 10.1. The maximum Gasteiger partial charge on any atom is 0.124 e. The van der Waals surface area contributed by atoms with Crippen LogP contribution in [0.2, 0.25) is 0 Å². The molecule has 15 heavy (non-hydrogen) atoms. The Morgan fingerprint density at radius 2 is 2.07 bits per heavy atom. The summed E-state index contributed by atoms with van der Waals surface area (Å²) in [6, 6.07) is 0.0163. The van der Waals surface area contributed by atoms with E-state index in [0.717, 1.165) is 10.7 Å². The van der Waals surface area contributed by atoms with Crippen LogP contribution in [0.3, 0.4) is 0 Å². The quantitative estimate of drug-likeness (QED) is 0.862. The molecule has 0 fully saturated rings. The molecule has 0 aromatic carbocycles. The van der Waals surface area contributed by atoms with Gasteiger partial charge >= 0.3 is 0 Å². The number of hydrogen-bond donors (Lipinski definition) is 1. The first-order chi connectivity index (χ1) is 6.88. The molecule has 1 aromatic heterocycles. The standard InChI is InChI=1S/C11H20N2OS/c1-7(2)9(12)8-6-15-10(13-8)11(3,4)14-5/h6-7,9H,12H2,1-5H3. The van der Waals surface area contributed by atoms with E-state index in [4.69, 9.17) is 10.5 Å². The molecule has 3 nitrogen and oxygen atoms in total. The molecule has 4 heteroatoms. The zero-order chi connectivity index (χ0) is 11.6. The minimum Gasteiger partial charge on any atom is -0.372 e. The molecule has 0 bridgehead atoms. The van der Waals surface area contributed by atoms with Crippen molar-refractivity contribution >= 4 is 11.3 Å². The first-order valence-corrected chi connectivity index (χ1v) is 6.03. The van der Waals surface area contributed by atoms with E-state index in [1.807, 2.05) is 19.2 Å². The van der Waals surface area contributed by atoms with Gasteiger partial charge < -0.3 is 10.5 Å². The Balaban J connectivity index is 2.90. The average molecular weight is 228 g/mol. The Labute approximate surface area is 95.7 Å². The second-order valence-electron chi connectivity index (χ2n) is 4.56. The molecule has 1 atom stereocenters. The van der Waals surface area contributed by atoms with Crippen molar-refractivity contribution in [3.8, 4) is 0 Å². The zero-order valence-corrected chi connectivity index (χ0v) is 10.9. The van der Waals surface area contributed by atoms with Gasteiger partial charge in [0, 0.05) is 12.5 Å². The van der Waals surface area contributed by atoms with Crippen LogP contribution in [0, 0.1) is 5.92 Å². The molecule has 0 aliphatic heterocycles. The van der Waals surface area contributed by atoms with Crippen LogP contribution < -0.4 is 5.73 Å². The molecule has 1 aromatic rings. The summed E-state index contributed by atoms with van der Waals surface area (Å²) in [7, 11) is 1.70. The van der Waals surface area contributed by atoms with Crippen molar-refractivity contribution in [3.63, 3.8) is 0 Å². The Kier molecular flexibility index (Phi) is 3.87. The molecule has 0 aliphatic rings. The van der Waals surface area contributed by atoms with E-state index in [2.05, 4.69) is 18.8 Å². The minimum atomic E-state index is -0.320. The van der Waals surface area contributed by atoms with Crippen molar-refractivity contribution < 1.29 is 4.74 Å². The number of nitrogens with two attached hydrogens (primary N) is 1. The van der Waals surface area contributed by atoms with Gasteiger partial charge in [0.15, 0.2) is 0 Å². The van der Waals surface area contributed by atoms with Gasteiger partial charge in [0.1, 0.15) is 10.6 Å². The second kappa shape index (κ2) is 4.60. The normalized spacial score (nSPS) is 14.6. The highest BCUT2D eigenvalue weighted by Crippen LogP contribution is 2.29. The Bertz CT molecular complexity index is 320. The lowest BCUT2D eigenvalue weighted by atomic mass is 10.0. The lowest BCUT2D eigenvalue weighted by Crippen LogP contribution is -2.21. The average Bonchev–Trinajstić information content (AvgIpc) is 2.65. The Morgan fingerprint density at radius 1 is 1.47 bits per heavy atom. The van der Waals surface area contributed by atoms with Gasteiger partial charge in [0.25, 0.3) is 0 Å². The molecule has 2 N–H and O–H groups in total. The summed E-state index contributed by atoms with van der Waals surface area (Å²) in [4.78, 5) is 4.54. The SMILES string of the molecule is COC(C)(C)c1nc(C(N)C(C)C)cs1. The predicted molar refractivity (Wildman–Crippen MR) is 63.9 cm³/mol. The lowest BCUT2D eigenvalue weighted by Gasteiger charge is -2.19. The fraction of sp³-hybridized carbons (Fsp3) is 0.727. The monoisotopic (exact) mass is 228 g/mol. The second-order valence-corrected chi connectivity index (χ2v) is 5.42. The number of aromatic nitrogens is 1. The minimum absolute atomic E-state index is 0.0163. The van der Waals surface area contributed by atoms with Crippen molar-refractivity contribution in [1.82, 2.24) is 4.98 Å². The highest BCUT2D eigenvalue weighted by Gasteiger charge is 2.25. The highest BCUT2D eigenvalue weighted by molar-refractivity contribution is 7.09. The summed E-state index contributed by atoms with van der Waals surface area (Å²) in [6.45, 7) is 8.23. The molecule has 0 radical (unpaired) electrons. The maximum atomic E-state index is 6.04. The molecule has 0 saturated heterocycles. The highest BCUT2D eigenvalue weighted by atomic mass is 32.1. The smallest absolute Gasteiger partial charge is 0.124 e. The molecule has 1 unspecified atom stereocenters. The van der Waals surface area contributed by atoms with E-state index in [1.165, 1.54) is 0 Å². The largest absolute Gasteiger partial charge is 0.372 e. The maximum absolute atomic E-state index is 6.04. The van der Waals surface area contributed by atoms with Crippen LogP contribution in [0.1, 0.15) is 44.4 Å². The van der Waals surface area contributed by atoms with Gasteiger partial charge in [-0.3, -0.25) is 0 Å². The number of ether oxygens (including phenoxy) is 1. The summed E-state index contributed by atoms with van der Waals surface area (Å²) in [5.41, 5.74) is 6.69. The molecular weight excluding hydrogens is 208 g/mol. The molecule has 0 amide bonds. The number of thiazole rings is 1. The summed E-state index contributed by atoms with van der Waals surface area (Å²) >= 11 is 1.61.